The molecular weight excluding hydrogens is 380 g/mol. The van der Waals surface area contributed by atoms with Crippen LogP contribution in [0.15, 0.2) is 21.5 Å². The molecule has 11 heteroatoms. The molecule has 0 N–H and O–H groups in total. The van der Waals surface area contributed by atoms with Crippen molar-refractivity contribution in [1.82, 2.24) is 14.5 Å². The molecule has 0 amide bonds. The summed E-state index contributed by atoms with van der Waals surface area (Å²) in [5.41, 5.74) is -1.70. The zero-order valence-electron chi connectivity index (χ0n) is 14.1. The highest BCUT2D eigenvalue weighted by Crippen LogP contribution is 2.42. The quantitative estimate of drug-likeness (QED) is 0.708. The van der Waals surface area contributed by atoms with Crippen LogP contribution < -0.4 is 5.56 Å². The maximum atomic E-state index is 12.9. The summed E-state index contributed by atoms with van der Waals surface area (Å²) in [4.78, 5) is 19.8. The van der Waals surface area contributed by atoms with Gasteiger partial charge in [0.25, 0.3) is 5.56 Å². The third kappa shape index (κ3) is 4.01. The first-order valence-electron chi connectivity index (χ1n) is 8.17. The molecule has 1 fully saturated rings. The number of rotatable bonds is 2. The summed E-state index contributed by atoms with van der Waals surface area (Å²) in [6, 6.07) is 0.496. The molecule has 5 nitrogen and oxygen atoms in total. The fourth-order valence-corrected chi connectivity index (χ4v) is 3.26. The molecule has 1 aliphatic rings. The fraction of sp³-hybridized carbons (Fsp3) is 0.562. The van der Waals surface area contributed by atoms with Crippen LogP contribution in [0.3, 0.4) is 0 Å². The van der Waals surface area contributed by atoms with Crippen LogP contribution in [0.2, 0.25) is 0 Å². The third-order valence-electron chi connectivity index (χ3n) is 4.60. The first kappa shape index (κ1) is 19.4. The van der Waals surface area contributed by atoms with Crippen LogP contribution in [-0.2, 0) is 6.18 Å². The van der Waals surface area contributed by atoms with E-state index in [-0.39, 0.29) is 31.5 Å². The smallest absolute Gasteiger partial charge is 0.431 e. The lowest BCUT2D eigenvalue weighted by molar-refractivity contribution is -0.182. The van der Waals surface area contributed by atoms with Crippen molar-refractivity contribution in [3.05, 3.63) is 39.9 Å². The second kappa shape index (κ2) is 6.68. The van der Waals surface area contributed by atoms with Crippen molar-refractivity contribution >= 4 is 0 Å². The van der Waals surface area contributed by atoms with Gasteiger partial charge in [-0.3, -0.25) is 4.79 Å². The van der Waals surface area contributed by atoms with Crippen LogP contribution in [0.5, 0.6) is 0 Å². The van der Waals surface area contributed by atoms with Gasteiger partial charge in [0.05, 0.1) is 5.92 Å². The van der Waals surface area contributed by atoms with Gasteiger partial charge >= 0.3 is 18.4 Å². The molecule has 2 aromatic rings. The molecule has 2 heterocycles. The Morgan fingerprint density at radius 1 is 1.07 bits per heavy atom. The minimum Gasteiger partial charge on any atom is -0.431 e. The molecule has 148 valence electrons. The molecule has 0 bridgehead atoms. The zero-order chi connectivity index (χ0) is 20.0. The van der Waals surface area contributed by atoms with Crippen molar-refractivity contribution in [2.75, 3.05) is 0 Å². The van der Waals surface area contributed by atoms with E-state index in [0.717, 1.165) is 10.6 Å². The first-order chi connectivity index (χ1) is 12.5. The topological polar surface area (TPSA) is 60.9 Å². The summed E-state index contributed by atoms with van der Waals surface area (Å²) >= 11 is 0. The Hall–Kier alpha value is -2.33. The second-order valence-electron chi connectivity index (χ2n) is 6.53. The summed E-state index contributed by atoms with van der Waals surface area (Å²) in [5.74, 6) is -1.88. The van der Waals surface area contributed by atoms with Gasteiger partial charge in [-0.15, -0.1) is 0 Å². The minimum atomic E-state index is -4.76. The standard InChI is InChI=1S/C16H15F6N3O2/c1-8-6-12(26)25(14-24-11(7-27-14)16(20,21)22)13(23-8)9-2-4-10(5-3-9)15(17,18)19/h6-7,9-10H,2-5H2,1H3. The molecule has 0 aromatic carbocycles. The van der Waals surface area contributed by atoms with Crippen molar-refractivity contribution < 1.29 is 30.8 Å². The number of nitrogens with zero attached hydrogens (tertiary/aromatic N) is 3. The maximum absolute atomic E-state index is 12.9. The van der Waals surface area contributed by atoms with Gasteiger partial charge in [-0.1, -0.05) is 0 Å². The van der Waals surface area contributed by atoms with E-state index in [4.69, 9.17) is 4.42 Å². The van der Waals surface area contributed by atoms with Gasteiger partial charge in [-0.2, -0.15) is 31.3 Å². The van der Waals surface area contributed by atoms with Crippen molar-refractivity contribution in [3.8, 4) is 6.01 Å². The van der Waals surface area contributed by atoms with E-state index in [2.05, 4.69) is 9.97 Å². The Labute approximate surface area is 149 Å². The van der Waals surface area contributed by atoms with E-state index in [9.17, 15) is 31.1 Å². The molecule has 0 unspecified atom stereocenters. The molecule has 0 spiro atoms. The van der Waals surface area contributed by atoms with E-state index in [1.807, 2.05) is 0 Å². The molecule has 3 rings (SSSR count). The summed E-state index contributed by atoms with van der Waals surface area (Å²) < 4.78 is 82.5. The van der Waals surface area contributed by atoms with Crippen LogP contribution >= 0.6 is 0 Å². The second-order valence-corrected chi connectivity index (χ2v) is 6.53. The highest BCUT2D eigenvalue weighted by atomic mass is 19.4. The third-order valence-corrected chi connectivity index (χ3v) is 4.60. The highest BCUT2D eigenvalue weighted by molar-refractivity contribution is 5.20. The fourth-order valence-electron chi connectivity index (χ4n) is 3.26. The molecule has 0 aliphatic heterocycles. The lowest BCUT2D eigenvalue weighted by Gasteiger charge is -2.30. The molecule has 0 radical (unpaired) electrons. The monoisotopic (exact) mass is 395 g/mol. The summed E-state index contributed by atoms with van der Waals surface area (Å²) in [6.07, 6.45) is -8.75. The van der Waals surface area contributed by atoms with E-state index in [1.54, 1.807) is 0 Å². The predicted octanol–water partition coefficient (Wildman–Crippen LogP) is 4.38. The normalized spacial score (nSPS) is 21.4. The Morgan fingerprint density at radius 2 is 1.70 bits per heavy atom. The number of oxazole rings is 1. The Morgan fingerprint density at radius 3 is 2.22 bits per heavy atom. The van der Waals surface area contributed by atoms with Gasteiger partial charge in [-0.05, 0) is 32.6 Å². The summed E-state index contributed by atoms with van der Waals surface area (Å²) in [6.45, 7) is 1.52. The van der Waals surface area contributed by atoms with E-state index in [0.29, 0.717) is 12.0 Å². The largest absolute Gasteiger partial charge is 0.436 e. The molecule has 2 aromatic heterocycles. The lowest BCUT2D eigenvalue weighted by atomic mass is 9.81. The lowest BCUT2D eigenvalue weighted by Crippen LogP contribution is -2.31. The maximum Gasteiger partial charge on any atom is 0.436 e. The minimum absolute atomic E-state index is 0.0659. The Bertz CT molecular complexity index is 876. The van der Waals surface area contributed by atoms with Crippen LogP contribution in [0, 0.1) is 12.8 Å². The van der Waals surface area contributed by atoms with Crippen molar-refractivity contribution in [2.24, 2.45) is 5.92 Å². The molecule has 0 saturated heterocycles. The number of aryl methyl sites for hydroxylation is 1. The van der Waals surface area contributed by atoms with Crippen molar-refractivity contribution in [3.63, 3.8) is 0 Å². The number of hydrogen-bond donors (Lipinski definition) is 0. The SMILES string of the molecule is Cc1cc(=O)n(-c2nc(C(F)(F)F)co2)c(C2CCC(C(F)(F)F)CC2)n1. The average Bonchev–Trinajstić information content (AvgIpc) is 3.03. The predicted molar refractivity (Wildman–Crippen MR) is 80.4 cm³/mol. The number of hydrogen-bond acceptors (Lipinski definition) is 4. The number of halogens is 6. The van der Waals surface area contributed by atoms with Gasteiger partial charge in [0.2, 0.25) is 0 Å². The Balaban J connectivity index is 1.97. The molecule has 0 atom stereocenters. The van der Waals surface area contributed by atoms with Gasteiger partial charge in [0.1, 0.15) is 12.1 Å². The number of alkyl halides is 6. The Kier molecular flexibility index (Phi) is 4.81. The first-order valence-corrected chi connectivity index (χ1v) is 8.17. The van der Waals surface area contributed by atoms with E-state index in [1.165, 1.54) is 6.92 Å². The summed E-state index contributed by atoms with van der Waals surface area (Å²) in [7, 11) is 0. The number of aromatic nitrogens is 3. The van der Waals surface area contributed by atoms with Crippen LogP contribution in [0.4, 0.5) is 26.3 Å². The van der Waals surface area contributed by atoms with Crippen molar-refractivity contribution in [2.45, 2.75) is 50.9 Å². The van der Waals surface area contributed by atoms with Gasteiger partial charge in [0.15, 0.2) is 5.69 Å². The van der Waals surface area contributed by atoms with Gasteiger partial charge in [-0.25, -0.2) is 9.55 Å². The van der Waals surface area contributed by atoms with Crippen molar-refractivity contribution in [1.29, 1.82) is 0 Å². The molecular formula is C16H15F6N3O2. The van der Waals surface area contributed by atoms with Gasteiger partial charge in [0, 0.05) is 17.7 Å². The van der Waals surface area contributed by atoms with E-state index >= 15 is 0 Å². The highest BCUT2D eigenvalue weighted by Gasteiger charge is 2.42. The van der Waals surface area contributed by atoms with Crippen LogP contribution in [0.1, 0.15) is 48.8 Å². The van der Waals surface area contributed by atoms with Gasteiger partial charge < -0.3 is 4.42 Å². The molecule has 27 heavy (non-hydrogen) atoms. The zero-order valence-corrected chi connectivity index (χ0v) is 14.1. The van der Waals surface area contributed by atoms with Crippen LogP contribution in [0.25, 0.3) is 6.01 Å². The average molecular weight is 395 g/mol. The molecule has 1 saturated carbocycles. The summed E-state index contributed by atoms with van der Waals surface area (Å²) in [5, 5.41) is 0. The molecule has 1 aliphatic carbocycles. The van der Waals surface area contributed by atoms with E-state index < -0.39 is 41.5 Å². The van der Waals surface area contributed by atoms with Crippen LogP contribution in [-0.4, -0.2) is 20.7 Å².